The third kappa shape index (κ3) is 5.46. The first-order valence-corrected chi connectivity index (χ1v) is 10.6. The Morgan fingerprint density at radius 3 is 2.44 bits per heavy atom. The average Bonchev–Trinajstić information content (AvgIpc) is 3.51. The van der Waals surface area contributed by atoms with Crippen LogP contribution in [0.5, 0.6) is 5.75 Å². The monoisotopic (exact) mass is 483 g/mol. The van der Waals surface area contributed by atoms with E-state index in [1.165, 1.54) is 6.07 Å². The predicted molar refractivity (Wildman–Crippen MR) is 115 cm³/mol. The summed E-state index contributed by atoms with van der Waals surface area (Å²) in [6.07, 6.45) is -4.00. The van der Waals surface area contributed by atoms with Crippen molar-refractivity contribution < 1.29 is 37.4 Å². The Labute approximate surface area is 193 Å². The van der Waals surface area contributed by atoms with E-state index >= 15 is 0 Å². The Hall–Kier alpha value is -3.21. The topological polar surface area (TPSA) is 112 Å². The number of nitrogens with zero attached hydrogens (tertiary/aromatic N) is 1. The highest BCUT2D eigenvalue weighted by atomic mass is 19.4. The van der Waals surface area contributed by atoms with Gasteiger partial charge in [0, 0.05) is 29.6 Å². The van der Waals surface area contributed by atoms with Crippen molar-refractivity contribution in [3.05, 3.63) is 53.1 Å². The smallest absolute Gasteiger partial charge is 0.411 e. The lowest BCUT2D eigenvalue weighted by Gasteiger charge is -2.25. The number of amides is 2. The van der Waals surface area contributed by atoms with E-state index in [0.29, 0.717) is 12.0 Å². The molecular weight excluding hydrogens is 458 g/mol. The molecule has 2 aromatic rings. The van der Waals surface area contributed by atoms with E-state index < -0.39 is 41.2 Å². The molecule has 0 bridgehead atoms. The fourth-order valence-corrected chi connectivity index (χ4v) is 3.59. The lowest BCUT2D eigenvalue weighted by Crippen LogP contribution is -2.48. The van der Waals surface area contributed by atoms with E-state index in [4.69, 9.17) is 0 Å². The van der Waals surface area contributed by atoms with Gasteiger partial charge in [0.05, 0.1) is 6.42 Å². The summed E-state index contributed by atoms with van der Waals surface area (Å²) in [5.41, 5.74) is -2.95. The quantitative estimate of drug-likeness (QED) is 0.429. The summed E-state index contributed by atoms with van der Waals surface area (Å²) in [6, 6.07) is 4.71. The van der Waals surface area contributed by atoms with Gasteiger partial charge in [-0.1, -0.05) is 13.8 Å². The first-order valence-electron chi connectivity index (χ1n) is 10.6. The number of carbonyl (C=O) groups is 2. The number of pyridine rings is 1. The van der Waals surface area contributed by atoms with Crippen LogP contribution in [0.1, 0.15) is 54.7 Å². The first kappa shape index (κ1) is 25.4. The van der Waals surface area contributed by atoms with Crippen molar-refractivity contribution in [2.75, 3.05) is 11.9 Å². The molecule has 0 unspecified atom stereocenters. The van der Waals surface area contributed by atoms with Gasteiger partial charge in [0.1, 0.15) is 22.8 Å². The van der Waals surface area contributed by atoms with Gasteiger partial charge in [-0.15, -0.1) is 0 Å². The molecule has 2 amide bonds. The molecule has 184 valence electrons. The number of anilines is 1. The second-order valence-electron chi connectivity index (χ2n) is 9.01. The van der Waals surface area contributed by atoms with Crippen molar-refractivity contribution in [3.8, 4) is 5.75 Å². The van der Waals surface area contributed by atoms with E-state index in [1.54, 1.807) is 13.8 Å². The van der Waals surface area contributed by atoms with Gasteiger partial charge in [-0.05, 0) is 48.9 Å². The van der Waals surface area contributed by atoms with Gasteiger partial charge in [-0.3, -0.25) is 14.6 Å². The molecule has 7 nitrogen and oxygen atoms in total. The third-order valence-electron chi connectivity index (χ3n) is 5.90. The van der Waals surface area contributed by atoms with Crippen LogP contribution in [0.2, 0.25) is 0 Å². The largest absolute Gasteiger partial charge is 0.508 e. The number of aromatic nitrogens is 1. The fourth-order valence-electron chi connectivity index (χ4n) is 3.59. The molecule has 0 atom stereocenters. The van der Waals surface area contributed by atoms with Crippen LogP contribution in [-0.2, 0) is 16.6 Å². The standard InChI is InChI=1S/C23H25F4N3O4/c1-21(2,6-8-31)15-12-16(24)13(9-18(15)32)10-19(33)29-14-3-7-28-17(11-14)20(34)30-22(4-5-22)23(25,26)27/h3,7,9,11-12,31-32H,4-6,8,10H2,1-2H3,(H,30,34)(H,28,29,33). The Morgan fingerprint density at radius 2 is 1.85 bits per heavy atom. The summed E-state index contributed by atoms with van der Waals surface area (Å²) in [5, 5.41) is 23.9. The van der Waals surface area contributed by atoms with Crippen molar-refractivity contribution in [2.45, 2.75) is 56.7 Å². The Balaban J connectivity index is 1.69. The van der Waals surface area contributed by atoms with Gasteiger partial charge in [-0.2, -0.15) is 13.2 Å². The van der Waals surface area contributed by atoms with Crippen LogP contribution in [0.3, 0.4) is 0 Å². The minimum absolute atomic E-state index is 0.0774. The minimum atomic E-state index is -4.58. The van der Waals surface area contributed by atoms with E-state index in [0.717, 1.165) is 24.4 Å². The highest BCUT2D eigenvalue weighted by Gasteiger charge is 2.64. The molecule has 11 heteroatoms. The van der Waals surface area contributed by atoms with Crippen molar-refractivity contribution in [2.24, 2.45) is 0 Å². The molecule has 0 aliphatic heterocycles. The molecule has 1 heterocycles. The minimum Gasteiger partial charge on any atom is -0.508 e. The molecule has 34 heavy (non-hydrogen) atoms. The summed E-state index contributed by atoms with van der Waals surface area (Å²) in [6.45, 7) is 3.32. The zero-order valence-electron chi connectivity index (χ0n) is 18.6. The molecule has 0 saturated heterocycles. The van der Waals surface area contributed by atoms with Crippen LogP contribution >= 0.6 is 0 Å². The van der Waals surface area contributed by atoms with Crippen LogP contribution in [-0.4, -0.2) is 45.3 Å². The first-order chi connectivity index (χ1) is 15.8. The van der Waals surface area contributed by atoms with Crippen molar-refractivity contribution in [3.63, 3.8) is 0 Å². The Kier molecular flexibility index (Phi) is 6.88. The lowest BCUT2D eigenvalue weighted by molar-refractivity contribution is -0.163. The number of phenolic OH excluding ortho intramolecular Hbond substituents is 1. The number of nitrogens with one attached hydrogen (secondary N) is 2. The SMILES string of the molecule is CC(C)(CCO)c1cc(F)c(CC(=O)Nc2ccnc(C(=O)NC3(C(F)(F)F)CC3)c2)cc1O. The molecule has 1 saturated carbocycles. The number of benzene rings is 1. The molecular formula is C23H25F4N3O4. The molecule has 0 spiro atoms. The number of aliphatic hydroxyl groups excluding tert-OH is 1. The van der Waals surface area contributed by atoms with E-state index in [9.17, 15) is 37.4 Å². The maximum atomic E-state index is 14.6. The van der Waals surface area contributed by atoms with Crippen LogP contribution in [0.4, 0.5) is 23.2 Å². The fraction of sp³-hybridized carbons (Fsp3) is 0.435. The van der Waals surface area contributed by atoms with Gasteiger partial charge >= 0.3 is 6.18 Å². The molecule has 1 fully saturated rings. The van der Waals surface area contributed by atoms with Crippen LogP contribution in [0.15, 0.2) is 30.5 Å². The third-order valence-corrected chi connectivity index (χ3v) is 5.90. The Morgan fingerprint density at radius 1 is 1.18 bits per heavy atom. The van der Waals surface area contributed by atoms with Crippen molar-refractivity contribution in [1.29, 1.82) is 0 Å². The maximum absolute atomic E-state index is 14.6. The molecule has 0 radical (unpaired) electrons. The Bertz CT molecular complexity index is 1100. The lowest BCUT2D eigenvalue weighted by atomic mass is 9.80. The highest BCUT2D eigenvalue weighted by Crippen LogP contribution is 2.49. The molecule has 4 N–H and O–H groups in total. The second kappa shape index (κ2) is 9.21. The summed E-state index contributed by atoms with van der Waals surface area (Å²) < 4.78 is 53.8. The highest BCUT2D eigenvalue weighted by molar-refractivity contribution is 5.96. The summed E-state index contributed by atoms with van der Waals surface area (Å²) in [5.74, 6) is -2.63. The molecule has 1 aliphatic carbocycles. The van der Waals surface area contributed by atoms with Crippen LogP contribution in [0.25, 0.3) is 0 Å². The zero-order chi connectivity index (χ0) is 25.3. The van der Waals surface area contributed by atoms with E-state index in [1.807, 2.05) is 5.32 Å². The number of hydrogen-bond donors (Lipinski definition) is 4. The van der Waals surface area contributed by atoms with Gasteiger partial charge in [0.25, 0.3) is 5.91 Å². The number of carbonyl (C=O) groups excluding carboxylic acids is 2. The van der Waals surface area contributed by atoms with Crippen LogP contribution < -0.4 is 10.6 Å². The van der Waals surface area contributed by atoms with E-state index in [-0.39, 0.29) is 42.1 Å². The molecule has 1 aliphatic rings. The van der Waals surface area contributed by atoms with Gasteiger partial charge in [0.15, 0.2) is 0 Å². The maximum Gasteiger partial charge on any atom is 0.411 e. The van der Waals surface area contributed by atoms with Crippen molar-refractivity contribution >= 4 is 17.5 Å². The van der Waals surface area contributed by atoms with Gasteiger partial charge in [0.2, 0.25) is 5.91 Å². The summed E-state index contributed by atoms with van der Waals surface area (Å²) >= 11 is 0. The summed E-state index contributed by atoms with van der Waals surface area (Å²) in [4.78, 5) is 28.4. The van der Waals surface area contributed by atoms with Crippen LogP contribution in [0, 0.1) is 5.82 Å². The second-order valence-corrected chi connectivity index (χ2v) is 9.01. The number of rotatable bonds is 8. The number of hydrogen-bond acceptors (Lipinski definition) is 5. The summed E-state index contributed by atoms with van der Waals surface area (Å²) in [7, 11) is 0. The number of alkyl halides is 3. The molecule has 3 rings (SSSR count). The van der Waals surface area contributed by atoms with Gasteiger partial charge in [-0.25, -0.2) is 4.39 Å². The van der Waals surface area contributed by atoms with Gasteiger partial charge < -0.3 is 20.8 Å². The number of phenols is 1. The number of aromatic hydroxyl groups is 1. The number of aliphatic hydroxyl groups is 1. The molecule has 1 aromatic heterocycles. The normalized spacial score (nSPS) is 15.0. The van der Waals surface area contributed by atoms with E-state index in [2.05, 4.69) is 10.3 Å². The predicted octanol–water partition coefficient (Wildman–Crippen LogP) is 3.59. The zero-order valence-corrected chi connectivity index (χ0v) is 18.6. The molecule has 1 aromatic carbocycles. The van der Waals surface area contributed by atoms with Crippen molar-refractivity contribution in [1.82, 2.24) is 10.3 Å². The number of halogens is 4. The average molecular weight is 483 g/mol.